The van der Waals surface area contributed by atoms with Crippen LogP contribution in [0.5, 0.6) is 0 Å². The van der Waals surface area contributed by atoms with Gasteiger partial charge >= 0.3 is 0 Å². The highest BCUT2D eigenvalue weighted by atomic mass is 35.5. The van der Waals surface area contributed by atoms with Crippen molar-refractivity contribution in [1.82, 2.24) is 19.5 Å². The number of halogens is 2. The van der Waals surface area contributed by atoms with Crippen molar-refractivity contribution < 1.29 is 9.18 Å². The molecular formula is C21H17ClFN5OS. The van der Waals surface area contributed by atoms with Crippen LogP contribution >= 0.6 is 23.4 Å². The van der Waals surface area contributed by atoms with E-state index in [-0.39, 0.29) is 11.7 Å². The van der Waals surface area contributed by atoms with Gasteiger partial charge in [-0.2, -0.15) is 0 Å². The number of thioether (sulfide) groups is 1. The maximum atomic E-state index is 13.3. The molecule has 9 heteroatoms. The molecule has 0 aliphatic rings. The Labute approximate surface area is 181 Å². The topological polar surface area (TPSA) is 64.7 Å². The summed E-state index contributed by atoms with van der Waals surface area (Å²) in [6, 6.07) is 17.1. The molecule has 2 aromatic carbocycles. The van der Waals surface area contributed by atoms with Gasteiger partial charge in [0.25, 0.3) is 0 Å². The monoisotopic (exact) mass is 441 g/mol. The SMILES string of the molecule is O=C(CSc1nnc(Cc2ccc(Cl)cc2)n1-n1cccc1)Nc1cccc(F)c1. The van der Waals surface area contributed by atoms with Crippen LogP contribution in [0.4, 0.5) is 10.1 Å². The highest BCUT2D eigenvalue weighted by Crippen LogP contribution is 2.21. The first kappa shape index (κ1) is 20.2. The van der Waals surface area contributed by atoms with Crippen molar-refractivity contribution in [3.63, 3.8) is 0 Å². The number of carbonyl (C=O) groups is 1. The van der Waals surface area contributed by atoms with Crippen LogP contribution < -0.4 is 5.32 Å². The minimum atomic E-state index is -0.403. The van der Waals surface area contributed by atoms with E-state index in [9.17, 15) is 9.18 Å². The third-order valence-corrected chi connectivity index (χ3v) is 5.38. The molecule has 6 nitrogen and oxygen atoms in total. The van der Waals surface area contributed by atoms with Crippen LogP contribution in [0.3, 0.4) is 0 Å². The molecule has 2 aromatic heterocycles. The average molecular weight is 442 g/mol. The Hall–Kier alpha value is -3.10. The van der Waals surface area contributed by atoms with E-state index in [1.54, 1.807) is 12.1 Å². The number of anilines is 1. The number of amides is 1. The number of rotatable bonds is 7. The van der Waals surface area contributed by atoms with Gasteiger partial charge in [-0.3, -0.25) is 9.47 Å². The lowest BCUT2D eigenvalue weighted by molar-refractivity contribution is -0.113. The normalized spacial score (nSPS) is 10.9. The highest BCUT2D eigenvalue weighted by Gasteiger charge is 2.16. The van der Waals surface area contributed by atoms with Crippen molar-refractivity contribution in [1.29, 1.82) is 0 Å². The van der Waals surface area contributed by atoms with Crippen LogP contribution in [-0.2, 0) is 11.2 Å². The van der Waals surface area contributed by atoms with E-state index in [0.717, 1.165) is 11.4 Å². The molecule has 0 fully saturated rings. The van der Waals surface area contributed by atoms with Crippen molar-refractivity contribution in [2.75, 3.05) is 11.1 Å². The van der Waals surface area contributed by atoms with E-state index in [1.165, 1.54) is 23.9 Å². The Bertz CT molecular complexity index is 1140. The zero-order valence-corrected chi connectivity index (χ0v) is 17.3. The van der Waals surface area contributed by atoms with Crippen LogP contribution in [-0.4, -0.2) is 31.2 Å². The first-order chi connectivity index (χ1) is 14.6. The Morgan fingerprint density at radius 2 is 1.83 bits per heavy atom. The van der Waals surface area contributed by atoms with Crippen LogP contribution in [0.15, 0.2) is 78.2 Å². The molecule has 0 aliphatic heterocycles. The number of benzene rings is 2. The van der Waals surface area contributed by atoms with Gasteiger partial charge in [0.05, 0.1) is 5.75 Å². The van der Waals surface area contributed by atoms with Crippen molar-refractivity contribution in [3.05, 3.63) is 95.3 Å². The van der Waals surface area contributed by atoms with E-state index in [2.05, 4.69) is 15.5 Å². The number of aromatic nitrogens is 4. The molecule has 0 radical (unpaired) electrons. The summed E-state index contributed by atoms with van der Waals surface area (Å²) in [4.78, 5) is 12.3. The van der Waals surface area contributed by atoms with Gasteiger partial charge < -0.3 is 5.32 Å². The summed E-state index contributed by atoms with van der Waals surface area (Å²) in [6.07, 6.45) is 4.32. The summed E-state index contributed by atoms with van der Waals surface area (Å²) in [6.45, 7) is 0. The van der Waals surface area contributed by atoms with Crippen LogP contribution in [0.25, 0.3) is 0 Å². The number of nitrogens with one attached hydrogen (secondary N) is 1. The minimum absolute atomic E-state index is 0.108. The molecule has 0 saturated heterocycles. The standard InChI is InChI=1S/C21H17ClFN5OS/c22-16-8-6-15(7-9-16)12-19-25-26-21(28(19)27-10-1-2-11-27)30-14-20(29)24-18-5-3-4-17(23)13-18/h1-11,13H,12,14H2,(H,24,29). The fourth-order valence-corrected chi connectivity index (χ4v) is 3.74. The number of hydrogen-bond acceptors (Lipinski definition) is 4. The molecule has 0 spiro atoms. The van der Waals surface area contributed by atoms with Crippen LogP contribution in [0.2, 0.25) is 5.02 Å². The third-order valence-electron chi connectivity index (χ3n) is 4.21. The van der Waals surface area contributed by atoms with Crippen molar-refractivity contribution in [2.24, 2.45) is 0 Å². The molecule has 30 heavy (non-hydrogen) atoms. The van der Waals surface area contributed by atoms with E-state index in [4.69, 9.17) is 11.6 Å². The van der Waals surface area contributed by atoms with E-state index >= 15 is 0 Å². The number of nitrogens with zero attached hydrogens (tertiary/aromatic N) is 4. The highest BCUT2D eigenvalue weighted by molar-refractivity contribution is 7.99. The van der Waals surface area contributed by atoms with Gasteiger partial charge in [-0.1, -0.05) is 41.6 Å². The molecule has 1 N–H and O–H groups in total. The van der Waals surface area contributed by atoms with E-state index < -0.39 is 5.82 Å². The zero-order valence-electron chi connectivity index (χ0n) is 15.7. The van der Waals surface area contributed by atoms with Crippen molar-refractivity contribution in [2.45, 2.75) is 11.6 Å². The fraction of sp³-hybridized carbons (Fsp3) is 0.0952. The summed E-state index contributed by atoms with van der Waals surface area (Å²) in [5, 5.41) is 12.5. The second kappa shape index (κ2) is 9.15. The smallest absolute Gasteiger partial charge is 0.234 e. The lowest BCUT2D eigenvalue weighted by atomic mass is 10.1. The first-order valence-electron chi connectivity index (χ1n) is 9.09. The van der Waals surface area contributed by atoms with Crippen molar-refractivity contribution in [3.8, 4) is 0 Å². The summed E-state index contributed by atoms with van der Waals surface area (Å²) in [5.41, 5.74) is 1.46. The first-order valence-corrected chi connectivity index (χ1v) is 10.5. The van der Waals surface area contributed by atoms with Gasteiger partial charge in [0.15, 0.2) is 5.82 Å². The van der Waals surface area contributed by atoms with Gasteiger partial charge in [-0.25, -0.2) is 9.07 Å². The Balaban J connectivity index is 1.50. The fourth-order valence-electron chi connectivity index (χ4n) is 2.86. The van der Waals surface area contributed by atoms with E-state index in [1.807, 2.05) is 58.1 Å². The number of carbonyl (C=O) groups excluding carboxylic acids is 1. The van der Waals surface area contributed by atoms with Gasteiger partial charge in [0, 0.05) is 29.5 Å². The molecule has 1 amide bonds. The van der Waals surface area contributed by atoms with Gasteiger partial charge in [-0.05, 0) is 48.0 Å². The zero-order chi connectivity index (χ0) is 20.9. The molecule has 0 unspecified atom stereocenters. The molecule has 0 aliphatic carbocycles. The quantitative estimate of drug-likeness (QED) is 0.429. The molecule has 4 rings (SSSR count). The molecular weight excluding hydrogens is 425 g/mol. The Morgan fingerprint density at radius 3 is 2.57 bits per heavy atom. The molecule has 0 atom stereocenters. The second-order valence-corrected chi connectivity index (χ2v) is 7.80. The Kier molecular flexibility index (Phi) is 6.15. The number of hydrogen-bond donors (Lipinski definition) is 1. The lowest BCUT2D eigenvalue weighted by Crippen LogP contribution is -2.16. The third kappa shape index (κ3) is 4.90. The van der Waals surface area contributed by atoms with Gasteiger partial charge in [0.2, 0.25) is 11.1 Å². The molecule has 0 bridgehead atoms. The van der Waals surface area contributed by atoms with Crippen LogP contribution in [0, 0.1) is 5.82 Å². The summed E-state index contributed by atoms with van der Waals surface area (Å²) < 4.78 is 17.0. The van der Waals surface area contributed by atoms with Crippen molar-refractivity contribution >= 4 is 35.0 Å². The summed E-state index contributed by atoms with van der Waals surface area (Å²) in [7, 11) is 0. The summed E-state index contributed by atoms with van der Waals surface area (Å²) >= 11 is 7.22. The average Bonchev–Trinajstić information content (AvgIpc) is 3.38. The predicted molar refractivity (Wildman–Crippen MR) is 115 cm³/mol. The Morgan fingerprint density at radius 1 is 1.07 bits per heavy atom. The van der Waals surface area contributed by atoms with Gasteiger partial charge in [-0.15, -0.1) is 10.2 Å². The van der Waals surface area contributed by atoms with E-state index in [0.29, 0.717) is 22.3 Å². The molecule has 0 saturated carbocycles. The van der Waals surface area contributed by atoms with Crippen LogP contribution in [0.1, 0.15) is 11.4 Å². The molecule has 4 aromatic rings. The maximum Gasteiger partial charge on any atom is 0.234 e. The lowest BCUT2D eigenvalue weighted by Gasteiger charge is -2.11. The summed E-state index contributed by atoms with van der Waals surface area (Å²) in [5.74, 6) is 0.171. The minimum Gasteiger partial charge on any atom is -0.325 e. The second-order valence-electron chi connectivity index (χ2n) is 6.42. The van der Waals surface area contributed by atoms with Gasteiger partial charge in [0.1, 0.15) is 5.82 Å². The predicted octanol–water partition coefficient (Wildman–Crippen LogP) is 4.51. The largest absolute Gasteiger partial charge is 0.325 e. The molecule has 152 valence electrons. The maximum absolute atomic E-state index is 13.3. The molecule has 2 heterocycles.